The van der Waals surface area contributed by atoms with Gasteiger partial charge in [-0.3, -0.25) is 5.32 Å². The molecule has 18 heavy (non-hydrogen) atoms. The van der Waals surface area contributed by atoms with E-state index in [0.717, 1.165) is 12.8 Å². The minimum atomic E-state index is -0.0705. The second-order valence-corrected chi connectivity index (χ2v) is 6.09. The third-order valence-electron chi connectivity index (χ3n) is 3.58. The van der Waals surface area contributed by atoms with Gasteiger partial charge < -0.3 is 0 Å². The Balaban J connectivity index is 2.14. The fourth-order valence-corrected chi connectivity index (χ4v) is 3.82. The molecule has 94 valence electrons. The van der Waals surface area contributed by atoms with Crippen LogP contribution in [0.1, 0.15) is 36.4 Å². The number of nitrogens with one attached hydrogen (secondary N) is 1. The zero-order valence-corrected chi connectivity index (χ0v) is 11.6. The van der Waals surface area contributed by atoms with Crippen LogP contribution in [0.5, 0.6) is 0 Å². The van der Waals surface area contributed by atoms with Crippen molar-refractivity contribution in [2.75, 3.05) is 0 Å². The van der Waals surface area contributed by atoms with E-state index in [2.05, 4.69) is 53.8 Å². The molecule has 3 heteroatoms. The molecular formula is C15H18N2S. The lowest BCUT2D eigenvalue weighted by Gasteiger charge is -2.32. The fraction of sp³-hybridized carbons (Fsp3) is 0.400. The molecule has 0 amide bonds. The molecule has 3 rings (SSSR count). The van der Waals surface area contributed by atoms with Gasteiger partial charge in [-0.25, -0.2) is 4.98 Å². The van der Waals surface area contributed by atoms with Crippen molar-refractivity contribution in [2.45, 2.75) is 38.3 Å². The average molecular weight is 258 g/mol. The van der Waals surface area contributed by atoms with Gasteiger partial charge in [0, 0.05) is 17.6 Å². The van der Waals surface area contributed by atoms with Crippen molar-refractivity contribution in [2.24, 2.45) is 0 Å². The van der Waals surface area contributed by atoms with E-state index < -0.39 is 0 Å². The van der Waals surface area contributed by atoms with Crippen LogP contribution in [0.2, 0.25) is 0 Å². The van der Waals surface area contributed by atoms with Gasteiger partial charge in [0.15, 0.2) is 0 Å². The summed E-state index contributed by atoms with van der Waals surface area (Å²) < 4.78 is 0. The maximum atomic E-state index is 4.58. The third kappa shape index (κ3) is 1.78. The number of benzene rings is 1. The van der Waals surface area contributed by atoms with Gasteiger partial charge in [0.2, 0.25) is 0 Å². The molecule has 0 aliphatic heterocycles. The number of aryl methyl sites for hydroxylation is 1. The summed E-state index contributed by atoms with van der Waals surface area (Å²) in [5.74, 6) is 0. The maximum absolute atomic E-state index is 4.58. The van der Waals surface area contributed by atoms with Crippen molar-refractivity contribution in [3.63, 3.8) is 0 Å². The quantitative estimate of drug-likeness (QED) is 0.913. The largest absolute Gasteiger partial charge is 0.299 e. The van der Waals surface area contributed by atoms with Crippen LogP contribution in [-0.4, -0.2) is 11.0 Å². The monoisotopic (exact) mass is 258 g/mol. The predicted octanol–water partition coefficient (Wildman–Crippen LogP) is 3.33. The van der Waals surface area contributed by atoms with E-state index >= 15 is 0 Å². The Bertz CT molecular complexity index is 533. The second-order valence-electron chi connectivity index (χ2n) is 5.20. The van der Waals surface area contributed by atoms with Gasteiger partial charge in [0.25, 0.3) is 0 Å². The van der Waals surface area contributed by atoms with Crippen molar-refractivity contribution in [3.8, 4) is 0 Å². The molecule has 1 aliphatic carbocycles. The van der Waals surface area contributed by atoms with E-state index in [0.29, 0.717) is 6.04 Å². The molecule has 1 unspecified atom stereocenters. The molecule has 0 saturated carbocycles. The number of aromatic nitrogens is 1. The Kier molecular flexibility index (Phi) is 2.96. The van der Waals surface area contributed by atoms with Crippen LogP contribution in [0.4, 0.5) is 0 Å². The highest BCUT2D eigenvalue weighted by atomic mass is 32.1. The second kappa shape index (κ2) is 4.48. The van der Waals surface area contributed by atoms with Gasteiger partial charge in [0.05, 0.1) is 5.54 Å². The van der Waals surface area contributed by atoms with E-state index in [-0.39, 0.29) is 5.54 Å². The van der Waals surface area contributed by atoms with Gasteiger partial charge >= 0.3 is 0 Å². The van der Waals surface area contributed by atoms with E-state index in [1.165, 1.54) is 16.1 Å². The SMILES string of the molecule is CC(C)NC1(c2nccs2)CCc2ccccc21. The molecule has 1 aromatic heterocycles. The zero-order valence-electron chi connectivity index (χ0n) is 10.8. The molecule has 2 nitrogen and oxygen atoms in total. The van der Waals surface area contributed by atoms with Crippen molar-refractivity contribution >= 4 is 11.3 Å². The Morgan fingerprint density at radius 2 is 2.17 bits per heavy atom. The van der Waals surface area contributed by atoms with Gasteiger partial charge in [-0.1, -0.05) is 24.3 Å². The summed E-state index contributed by atoms with van der Waals surface area (Å²) in [5, 5.41) is 7.03. The molecule has 0 spiro atoms. The number of hydrogen-bond donors (Lipinski definition) is 1. The molecule has 2 aromatic rings. The summed E-state index contributed by atoms with van der Waals surface area (Å²) in [5.41, 5.74) is 2.80. The molecule has 1 heterocycles. The summed E-state index contributed by atoms with van der Waals surface area (Å²) >= 11 is 1.75. The first-order valence-corrected chi connectivity index (χ1v) is 7.36. The zero-order chi connectivity index (χ0) is 12.6. The summed E-state index contributed by atoms with van der Waals surface area (Å²) in [6.45, 7) is 4.41. The minimum Gasteiger partial charge on any atom is -0.299 e. The van der Waals surface area contributed by atoms with Gasteiger partial charge in [-0.15, -0.1) is 11.3 Å². The Morgan fingerprint density at radius 3 is 2.89 bits per heavy atom. The number of fused-ring (bicyclic) bond motifs is 1. The van der Waals surface area contributed by atoms with Gasteiger partial charge in [-0.05, 0) is 37.8 Å². The molecule has 1 N–H and O–H groups in total. The van der Waals surface area contributed by atoms with Crippen LogP contribution in [0.3, 0.4) is 0 Å². The number of nitrogens with zero attached hydrogens (tertiary/aromatic N) is 1. The number of thiazole rings is 1. The summed E-state index contributed by atoms with van der Waals surface area (Å²) in [6.07, 6.45) is 4.15. The molecule has 0 radical (unpaired) electrons. The molecule has 0 bridgehead atoms. The summed E-state index contributed by atoms with van der Waals surface area (Å²) in [4.78, 5) is 4.58. The Labute approximate surface area is 112 Å². The normalized spacial score (nSPS) is 22.4. The van der Waals surface area contributed by atoms with Crippen LogP contribution in [0.25, 0.3) is 0 Å². The molecule has 1 aromatic carbocycles. The summed E-state index contributed by atoms with van der Waals surface area (Å²) in [7, 11) is 0. The van der Waals surface area contributed by atoms with Crippen LogP contribution >= 0.6 is 11.3 Å². The highest BCUT2D eigenvalue weighted by Gasteiger charge is 2.42. The van der Waals surface area contributed by atoms with Crippen LogP contribution in [-0.2, 0) is 12.0 Å². The minimum absolute atomic E-state index is 0.0705. The first-order chi connectivity index (χ1) is 8.72. The number of rotatable bonds is 3. The smallest absolute Gasteiger partial charge is 0.117 e. The molecule has 0 saturated heterocycles. The van der Waals surface area contributed by atoms with Crippen molar-refractivity contribution in [3.05, 3.63) is 52.0 Å². The van der Waals surface area contributed by atoms with Crippen LogP contribution in [0.15, 0.2) is 35.8 Å². The highest BCUT2D eigenvalue weighted by molar-refractivity contribution is 7.09. The van der Waals surface area contributed by atoms with Crippen molar-refractivity contribution in [1.29, 1.82) is 0 Å². The first kappa shape index (κ1) is 11.9. The number of hydrogen-bond acceptors (Lipinski definition) is 3. The van der Waals surface area contributed by atoms with E-state index in [9.17, 15) is 0 Å². The van der Waals surface area contributed by atoms with Crippen LogP contribution < -0.4 is 5.32 Å². The molecule has 1 atom stereocenters. The Morgan fingerprint density at radius 1 is 1.33 bits per heavy atom. The predicted molar refractivity (Wildman–Crippen MR) is 75.9 cm³/mol. The van der Waals surface area contributed by atoms with Crippen molar-refractivity contribution in [1.82, 2.24) is 10.3 Å². The lowest BCUT2D eigenvalue weighted by molar-refractivity contribution is 0.361. The molecular weight excluding hydrogens is 240 g/mol. The Hall–Kier alpha value is -1.19. The van der Waals surface area contributed by atoms with Gasteiger partial charge in [0.1, 0.15) is 5.01 Å². The molecule has 0 fully saturated rings. The van der Waals surface area contributed by atoms with E-state index in [1.807, 2.05) is 6.20 Å². The third-order valence-corrected chi connectivity index (χ3v) is 4.51. The fourth-order valence-electron chi connectivity index (χ4n) is 2.97. The van der Waals surface area contributed by atoms with Crippen LogP contribution in [0, 0.1) is 0 Å². The summed E-state index contributed by atoms with van der Waals surface area (Å²) in [6, 6.07) is 9.20. The van der Waals surface area contributed by atoms with Crippen molar-refractivity contribution < 1.29 is 0 Å². The topological polar surface area (TPSA) is 24.9 Å². The lowest BCUT2D eigenvalue weighted by atomic mass is 9.91. The highest BCUT2D eigenvalue weighted by Crippen LogP contribution is 2.42. The van der Waals surface area contributed by atoms with E-state index in [1.54, 1.807) is 11.3 Å². The standard InChI is InChI=1S/C15H18N2S/c1-11(2)17-15(14-16-9-10-18-14)8-7-12-5-3-4-6-13(12)15/h3-6,9-11,17H,7-8H2,1-2H3. The first-order valence-electron chi connectivity index (χ1n) is 6.48. The van der Waals surface area contributed by atoms with Gasteiger partial charge in [-0.2, -0.15) is 0 Å². The maximum Gasteiger partial charge on any atom is 0.117 e. The van der Waals surface area contributed by atoms with E-state index in [4.69, 9.17) is 0 Å². The average Bonchev–Trinajstić information content (AvgIpc) is 2.97. The molecule has 1 aliphatic rings. The lowest BCUT2D eigenvalue weighted by Crippen LogP contribution is -2.45.